The van der Waals surface area contributed by atoms with Crippen molar-refractivity contribution in [3.63, 3.8) is 0 Å². The van der Waals surface area contributed by atoms with Crippen LogP contribution in [0.15, 0.2) is 47.4 Å². The maximum atomic E-state index is 13.8. The van der Waals surface area contributed by atoms with E-state index < -0.39 is 36.6 Å². The van der Waals surface area contributed by atoms with Crippen LogP contribution in [-0.4, -0.2) is 59.0 Å². The highest BCUT2D eigenvalue weighted by Gasteiger charge is 2.63. The number of carbonyl (C=O) groups is 1. The Hall–Kier alpha value is -3.79. The number of ether oxygens (including phenoxy) is 3. The standard InChI is InChI=1S/C29H32N4O7S/c1-27(2)39-16-28(3,17-40-27)41(36,37)29(10-11-29)18-38-23-9-12-31-22-13-21(26(35)33(4)24(22)23)25(34)32-15-20-7-5-19(14-30)6-8-20/h5-9,12-13H,10-11,15-18H2,1-4H3,(H,32,34). The number of aromatic nitrogens is 2. The summed E-state index contributed by atoms with van der Waals surface area (Å²) < 4.78 is 44.0. The lowest BCUT2D eigenvalue weighted by molar-refractivity contribution is -0.254. The highest BCUT2D eigenvalue weighted by Crippen LogP contribution is 2.50. The van der Waals surface area contributed by atoms with Crippen LogP contribution in [0, 0.1) is 11.3 Å². The Morgan fingerprint density at radius 2 is 1.80 bits per heavy atom. The van der Waals surface area contributed by atoms with Crippen molar-refractivity contribution in [1.82, 2.24) is 14.9 Å². The number of rotatable bonds is 8. The molecular formula is C29H32N4O7S. The number of sulfone groups is 1. The maximum absolute atomic E-state index is 13.8. The predicted octanol–water partition coefficient (Wildman–Crippen LogP) is 2.60. The molecule has 1 saturated carbocycles. The zero-order valence-corrected chi connectivity index (χ0v) is 24.2. The Balaban J connectivity index is 1.35. The maximum Gasteiger partial charge on any atom is 0.263 e. The van der Waals surface area contributed by atoms with E-state index in [0.717, 1.165) is 5.56 Å². The van der Waals surface area contributed by atoms with Crippen LogP contribution in [-0.2, 0) is 32.9 Å². The summed E-state index contributed by atoms with van der Waals surface area (Å²) in [4.78, 5) is 30.4. The highest BCUT2D eigenvalue weighted by molar-refractivity contribution is 7.94. The van der Waals surface area contributed by atoms with Gasteiger partial charge in [-0.3, -0.25) is 14.6 Å². The molecule has 5 rings (SSSR count). The van der Waals surface area contributed by atoms with E-state index in [1.807, 2.05) is 6.07 Å². The lowest BCUT2D eigenvalue weighted by Gasteiger charge is -2.42. The topological polar surface area (TPSA) is 150 Å². The monoisotopic (exact) mass is 580 g/mol. The molecule has 0 bridgehead atoms. The normalized spacial score (nSPS) is 18.8. The number of amides is 1. The van der Waals surface area contributed by atoms with Gasteiger partial charge in [0.05, 0.1) is 30.4 Å². The van der Waals surface area contributed by atoms with E-state index in [2.05, 4.69) is 10.3 Å². The predicted molar refractivity (Wildman–Crippen MR) is 150 cm³/mol. The number of fused-ring (bicyclic) bond motifs is 1. The number of nitrogens with one attached hydrogen (secondary N) is 1. The summed E-state index contributed by atoms with van der Waals surface area (Å²) in [6.45, 7) is 5.24. The van der Waals surface area contributed by atoms with Gasteiger partial charge in [0, 0.05) is 25.9 Å². The molecule has 1 amide bonds. The lowest BCUT2D eigenvalue weighted by Crippen LogP contribution is -2.57. The Bertz CT molecular complexity index is 1710. The Labute approximate surface area is 238 Å². The molecule has 3 heterocycles. The molecule has 1 aliphatic heterocycles. The molecule has 1 aromatic carbocycles. The number of pyridine rings is 2. The van der Waals surface area contributed by atoms with E-state index in [1.165, 1.54) is 23.9 Å². The van der Waals surface area contributed by atoms with Crippen LogP contribution in [0.2, 0.25) is 0 Å². The van der Waals surface area contributed by atoms with Gasteiger partial charge in [0.15, 0.2) is 15.6 Å². The van der Waals surface area contributed by atoms with Crippen molar-refractivity contribution in [2.24, 2.45) is 7.05 Å². The minimum Gasteiger partial charge on any atom is -0.490 e. The molecule has 0 spiro atoms. The summed E-state index contributed by atoms with van der Waals surface area (Å²) in [6.07, 6.45) is 2.38. The third-order valence-electron chi connectivity index (χ3n) is 7.82. The first-order valence-corrected chi connectivity index (χ1v) is 14.7. The average molecular weight is 581 g/mol. The Kier molecular flexibility index (Phi) is 7.18. The van der Waals surface area contributed by atoms with Crippen LogP contribution in [0.1, 0.15) is 55.1 Å². The van der Waals surface area contributed by atoms with Gasteiger partial charge in [-0.1, -0.05) is 12.1 Å². The summed E-state index contributed by atoms with van der Waals surface area (Å²) in [6, 6.07) is 11.8. The molecule has 2 aliphatic rings. The van der Waals surface area contributed by atoms with Crippen LogP contribution in [0.4, 0.5) is 0 Å². The van der Waals surface area contributed by atoms with Crippen molar-refractivity contribution in [3.05, 3.63) is 69.6 Å². The second-order valence-corrected chi connectivity index (χ2v) is 14.2. The molecule has 1 N–H and O–H groups in total. The largest absolute Gasteiger partial charge is 0.490 e. The second-order valence-electron chi connectivity index (χ2n) is 11.4. The average Bonchev–Trinajstić information content (AvgIpc) is 3.76. The highest BCUT2D eigenvalue weighted by atomic mass is 32.2. The molecular weight excluding hydrogens is 548 g/mol. The van der Waals surface area contributed by atoms with E-state index in [-0.39, 0.29) is 31.9 Å². The summed E-state index contributed by atoms with van der Waals surface area (Å²) in [7, 11) is -2.21. The number of hydrogen-bond donors (Lipinski definition) is 1. The van der Waals surface area contributed by atoms with Crippen molar-refractivity contribution in [2.75, 3.05) is 19.8 Å². The first kappa shape index (κ1) is 28.7. The summed E-state index contributed by atoms with van der Waals surface area (Å²) in [5, 5.41) is 11.7. The van der Waals surface area contributed by atoms with Gasteiger partial charge in [0.25, 0.3) is 11.5 Å². The SMILES string of the molecule is Cn1c(=O)c(C(=O)NCc2ccc(C#N)cc2)cc2nccc(OCC3(S(=O)(=O)C4(C)COC(C)(C)OC4)CC3)c21. The molecule has 0 radical (unpaired) electrons. The molecule has 1 saturated heterocycles. The van der Waals surface area contributed by atoms with E-state index in [0.29, 0.717) is 35.2 Å². The van der Waals surface area contributed by atoms with Gasteiger partial charge in [0.2, 0.25) is 0 Å². The second kappa shape index (κ2) is 10.2. The molecule has 12 heteroatoms. The summed E-state index contributed by atoms with van der Waals surface area (Å²) >= 11 is 0. The first-order valence-electron chi connectivity index (χ1n) is 13.2. The molecule has 3 aromatic rings. The minimum atomic E-state index is -3.72. The fraction of sp³-hybridized carbons (Fsp3) is 0.448. The molecule has 0 atom stereocenters. The lowest BCUT2D eigenvalue weighted by atomic mass is 10.1. The molecule has 11 nitrogen and oxygen atoms in total. The molecule has 0 unspecified atom stereocenters. The van der Waals surface area contributed by atoms with Gasteiger partial charge in [-0.2, -0.15) is 5.26 Å². The van der Waals surface area contributed by atoms with Crippen LogP contribution in [0.3, 0.4) is 0 Å². The first-order chi connectivity index (χ1) is 19.3. The van der Waals surface area contributed by atoms with Gasteiger partial charge >= 0.3 is 0 Å². The number of hydrogen-bond acceptors (Lipinski definition) is 9. The van der Waals surface area contributed by atoms with E-state index in [4.69, 9.17) is 19.5 Å². The van der Waals surface area contributed by atoms with Gasteiger partial charge in [0.1, 0.15) is 32.9 Å². The Morgan fingerprint density at radius 1 is 1.15 bits per heavy atom. The van der Waals surface area contributed by atoms with Crippen LogP contribution < -0.4 is 15.6 Å². The van der Waals surface area contributed by atoms with Crippen molar-refractivity contribution in [1.29, 1.82) is 5.26 Å². The molecule has 2 fully saturated rings. The molecule has 216 valence electrons. The zero-order valence-electron chi connectivity index (χ0n) is 23.4. The number of carbonyl (C=O) groups excluding carboxylic acids is 1. The quantitative estimate of drug-likeness (QED) is 0.424. The van der Waals surface area contributed by atoms with Gasteiger partial charge in [-0.05, 0) is 57.4 Å². The minimum absolute atomic E-state index is 0.0206. The van der Waals surface area contributed by atoms with Crippen molar-refractivity contribution >= 4 is 26.8 Å². The fourth-order valence-electron chi connectivity index (χ4n) is 4.88. The Morgan fingerprint density at radius 3 is 2.41 bits per heavy atom. The number of nitriles is 1. The number of aryl methyl sites for hydroxylation is 1. The van der Waals surface area contributed by atoms with Crippen LogP contribution in [0.5, 0.6) is 5.75 Å². The number of nitrogens with zero attached hydrogens (tertiary/aromatic N) is 3. The van der Waals surface area contributed by atoms with E-state index >= 15 is 0 Å². The zero-order chi connectivity index (χ0) is 29.6. The fourth-order valence-corrected chi connectivity index (χ4v) is 7.21. The molecule has 1 aliphatic carbocycles. The van der Waals surface area contributed by atoms with Crippen LogP contribution in [0.25, 0.3) is 11.0 Å². The van der Waals surface area contributed by atoms with Crippen LogP contribution >= 0.6 is 0 Å². The third kappa shape index (κ3) is 5.21. The van der Waals surface area contributed by atoms with Crippen molar-refractivity contribution < 1.29 is 27.4 Å². The number of benzene rings is 1. The summed E-state index contributed by atoms with van der Waals surface area (Å²) in [5.41, 5.74) is 1.35. The van der Waals surface area contributed by atoms with Crippen molar-refractivity contribution in [3.8, 4) is 11.8 Å². The van der Waals surface area contributed by atoms with Crippen molar-refractivity contribution in [2.45, 2.75) is 55.4 Å². The summed E-state index contributed by atoms with van der Waals surface area (Å²) in [5.74, 6) is -1.12. The van der Waals surface area contributed by atoms with E-state index in [9.17, 15) is 18.0 Å². The smallest absolute Gasteiger partial charge is 0.263 e. The molecule has 2 aromatic heterocycles. The van der Waals surface area contributed by atoms with Gasteiger partial charge < -0.3 is 24.1 Å². The molecule has 41 heavy (non-hydrogen) atoms. The van der Waals surface area contributed by atoms with E-state index in [1.54, 1.807) is 51.1 Å². The van der Waals surface area contributed by atoms with Gasteiger partial charge in [-0.15, -0.1) is 0 Å². The third-order valence-corrected chi connectivity index (χ3v) is 11.0. The van der Waals surface area contributed by atoms with Gasteiger partial charge in [-0.25, -0.2) is 8.42 Å².